The summed E-state index contributed by atoms with van der Waals surface area (Å²) in [6.45, 7) is 1.87. The highest BCUT2D eigenvalue weighted by Gasteiger charge is 2.22. The number of aromatic nitrogens is 1. The van der Waals surface area contributed by atoms with E-state index in [1.807, 2.05) is 0 Å². The van der Waals surface area contributed by atoms with Gasteiger partial charge in [-0.3, -0.25) is 9.69 Å². The standard InChI is InChI=1S/C16H18N4O/c1-20-9-12-4-2-3-5-13(12)14(10-20)19-15-7-6-11(8-18-15)16(17)21/h2-8,14H,9-10H2,1H3,(H2,17,21)(H,18,19). The van der Waals surface area contributed by atoms with Gasteiger partial charge < -0.3 is 11.1 Å². The normalized spacial score (nSPS) is 18.0. The lowest BCUT2D eigenvalue weighted by Crippen LogP contribution is -2.34. The summed E-state index contributed by atoms with van der Waals surface area (Å²) in [6, 6.07) is 12.1. The number of likely N-dealkylation sites (N-methyl/N-ethyl adjacent to an activating group) is 1. The number of nitrogens with two attached hydrogens (primary N) is 1. The average Bonchev–Trinajstić information content (AvgIpc) is 2.47. The van der Waals surface area contributed by atoms with E-state index in [9.17, 15) is 4.79 Å². The van der Waals surface area contributed by atoms with Crippen LogP contribution in [0, 0.1) is 0 Å². The van der Waals surface area contributed by atoms with Crippen molar-refractivity contribution in [1.82, 2.24) is 9.88 Å². The molecule has 1 aliphatic heterocycles. The summed E-state index contributed by atoms with van der Waals surface area (Å²) in [5.41, 5.74) is 8.27. The zero-order valence-corrected chi connectivity index (χ0v) is 11.9. The van der Waals surface area contributed by atoms with Crippen LogP contribution in [0.5, 0.6) is 0 Å². The molecule has 0 bridgehead atoms. The quantitative estimate of drug-likeness (QED) is 0.900. The highest BCUT2D eigenvalue weighted by atomic mass is 16.1. The van der Waals surface area contributed by atoms with Gasteiger partial charge >= 0.3 is 0 Å². The second kappa shape index (κ2) is 5.54. The first-order valence-corrected chi connectivity index (χ1v) is 6.92. The van der Waals surface area contributed by atoms with E-state index in [1.54, 1.807) is 12.1 Å². The molecule has 1 amide bonds. The van der Waals surface area contributed by atoms with Crippen LogP contribution in [0.4, 0.5) is 5.82 Å². The molecule has 2 heterocycles. The first-order chi connectivity index (χ1) is 10.1. The van der Waals surface area contributed by atoms with Crippen LogP contribution in [0.1, 0.15) is 27.5 Å². The third kappa shape index (κ3) is 2.87. The van der Waals surface area contributed by atoms with E-state index in [0.29, 0.717) is 5.56 Å². The summed E-state index contributed by atoms with van der Waals surface area (Å²) in [6.07, 6.45) is 1.50. The van der Waals surface area contributed by atoms with Gasteiger partial charge in [0.25, 0.3) is 0 Å². The van der Waals surface area contributed by atoms with Crippen LogP contribution in [-0.4, -0.2) is 29.4 Å². The predicted octanol–water partition coefficient (Wildman–Crippen LogP) is 1.78. The molecule has 3 rings (SSSR count). The van der Waals surface area contributed by atoms with Gasteiger partial charge in [0.2, 0.25) is 5.91 Å². The highest BCUT2D eigenvalue weighted by Crippen LogP contribution is 2.28. The maximum Gasteiger partial charge on any atom is 0.250 e. The Labute approximate surface area is 123 Å². The first kappa shape index (κ1) is 13.6. The number of nitrogens with one attached hydrogen (secondary N) is 1. The molecular weight excluding hydrogens is 264 g/mol. The largest absolute Gasteiger partial charge is 0.366 e. The molecule has 0 saturated carbocycles. The maximum atomic E-state index is 11.1. The number of fused-ring (bicyclic) bond motifs is 1. The van der Waals surface area contributed by atoms with Crippen molar-refractivity contribution < 1.29 is 4.79 Å². The van der Waals surface area contributed by atoms with E-state index >= 15 is 0 Å². The van der Waals surface area contributed by atoms with Gasteiger partial charge in [-0.1, -0.05) is 24.3 Å². The van der Waals surface area contributed by atoms with Crippen molar-refractivity contribution in [3.8, 4) is 0 Å². The van der Waals surface area contributed by atoms with Gasteiger partial charge in [0, 0.05) is 19.3 Å². The summed E-state index contributed by atoms with van der Waals surface area (Å²) < 4.78 is 0. The summed E-state index contributed by atoms with van der Waals surface area (Å²) in [5.74, 6) is 0.284. The zero-order chi connectivity index (χ0) is 14.8. The van der Waals surface area contributed by atoms with Crippen molar-refractivity contribution in [2.45, 2.75) is 12.6 Å². The average molecular weight is 282 g/mol. The SMILES string of the molecule is CN1Cc2ccccc2C(Nc2ccc(C(N)=O)cn2)C1. The molecule has 0 saturated heterocycles. The predicted molar refractivity (Wildman–Crippen MR) is 81.9 cm³/mol. The molecule has 108 valence electrons. The summed E-state index contributed by atoms with van der Waals surface area (Å²) in [7, 11) is 2.11. The Bertz CT molecular complexity index is 654. The number of carbonyl (C=O) groups excluding carboxylic acids is 1. The second-order valence-corrected chi connectivity index (χ2v) is 5.39. The number of amides is 1. The third-order valence-corrected chi connectivity index (χ3v) is 3.74. The van der Waals surface area contributed by atoms with Crippen molar-refractivity contribution in [2.75, 3.05) is 18.9 Å². The van der Waals surface area contributed by atoms with Crippen molar-refractivity contribution in [1.29, 1.82) is 0 Å². The lowest BCUT2D eigenvalue weighted by molar-refractivity contribution is 0.1000. The first-order valence-electron chi connectivity index (χ1n) is 6.92. The summed E-state index contributed by atoms with van der Waals surface area (Å²) >= 11 is 0. The molecule has 3 N–H and O–H groups in total. The van der Waals surface area contributed by atoms with Gasteiger partial charge in [-0.25, -0.2) is 4.98 Å². The van der Waals surface area contributed by atoms with Crippen LogP contribution in [0.15, 0.2) is 42.6 Å². The van der Waals surface area contributed by atoms with E-state index in [2.05, 4.69) is 46.5 Å². The molecule has 1 unspecified atom stereocenters. The van der Waals surface area contributed by atoms with Crippen molar-refractivity contribution in [3.05, 3.63) is 59.3 Å². The van der Waals surface area contributed by atoms with Gasteiger partial charge in [-0.15, -0.1) is 0 Å². The molecule has 1 aromatic carbocycles. The molecule has 0 radical (unpaired) electrons. The van der Waals surface area contributed by atoms with Crippen molar-refractivity contribution in [3.63, 3.8) is 0 Å². The van der Waals surface area contributed by atoms with Gasteiger partial charge in [0.1, 0.15) is 5.82 Å². The van der Waals surface area contributed by atoms with Crippen molar-refractivity contribution >= 4 is 11.7 Å². The van der Waals surface area contributed by atoms with Crippen LogP contribution >= 0.6 is 0 Å². The smallest absolute Gasteiger partial charge is 0.250 e. The second-order valence-electron chi connectivity index (χ2n) is 5.39. The molecule has 5 nitrogen and oxygen atoms in total. The number of hydrogen-bond acceptors (Lipinski definition) is 4. The number of pyridine rings is 1. The summed E-state index contributed by atoms with van der Waals surface area (Å²) in [4.78, 5) is 17.6. The molecule has 0 fully saturated rings. The molecule has 5 heteroatoms. The number of benzene rings is 1. The molecular formula is C16H18N4O. The van der Waals surface area contributed by atoms with Crippen LogP contribution in [0.25, 0.3) is 0 Å². The lowest BCUT2D eigenvalue weighted by atomic mass is 9.96. The van der Waals surface area contributed by atoms with E-state index in [-0.39, 0.29) is 6.04 Å². The molecule has 21 heavy (non-hydrogen) atoms. The van der Waals surface area contributed by atoms with Gasteiger partial charge in [0.15, 0.2) is 0 Å². The van der Waals surface area contributed by atoms with E-state index in [1.165, 1.54) is 17.3 Å². The third-order valence-electron chi connectivity index (χ3n) is 3.74. The van der Waals surface area contributed by atoms with E-state index in [4.69, 9.17) is 5.73 Å². The number of primary amides is 1. The minimum atomic E-state index is -0.461. The molecule has 0 aliphatic carbocycles. The zero-order valence-electron chi connectivity index (χ0n) is 11.9. The van der Waals surface area contributed by atoms with Crippen LogP contribution in [0.2, 0.25) is 0 Å². The topological polar surface area (TPSA) is 71.2 Å². The number of carbonyl (C=O) groups is 1. The van der Waals surface area contributed by atoms with Gasteiger partial charge in [-0.05, 0) is 30.3 Å². The maximum absolute atomic E-state index is 11.1. The monoisotopic (exact) mass is 282 g/mol. The Kier molecular flexibility index (Phi) is 3.58. The number of hydrogen-bond donors (Lipinski definition) is 2. The molecule has 1 aromatic heterocycles. The van der Waals surface area contributed by atoms with Crippen LogP contribution < -0.4 is 11.1 Å². The summed E-state index contributed by atoms with van der Waals surface area (Å²) in [5, 5.41) is 3.43. The number of rotatable bonds is 3. The van der Waals surface area contributed by atoms with Gasteiger partial charge in [0.05, 0.1) is 11.6 Å². The fourth-order valence-corrected chi connectivity index (χ4v) is 2.71. The Hall–Kier alpha value is -2.40. The molecule has 1 aliphatic rings. The fraction of sp³-hybridized carbons (Fsp3) is 0.250. The Balaban J connectivity index is 1.83. The molecule has 2 aromatic rings. The van der Waals surface area contributed by atoms with E-state index in [0.717, 1.165) is 18.9 Å². The highest BCUT2D eigenvalue weighted by molar-refractivity contribution is 5.92. The van der Waals surface area contributed by atoms with Gasteiger partial charge in [-0.2, -0.15) is 0 Å². The number of nitrogens with zero attached hydrogens (tertiary/aromatic N) is 2. The molecule has 0 spiro atoms. The molecule has 1 atom stereocenters. The van der Waals surface area contributed by atoms with E-state index < -0.39 is 5.91 Å². The van der Waals surface area contributed by atoms with Crippen molar-refractivity contribution in [2.24, 2.45) is 5.73 Å². The Morgan fingerprint density at radius 2 is 2.14 bits per heavy atom. The van der Waals surface area contributed by atoms with Crippen LogP contribution in [0.3, 0.4) is 0 Å². The van der Waals surface area contributed by atoms with Crippen LogP contribution in [-0.2, 0) is 6.54 Å². The minimum absolute atomic E-state index is 0.187. The lowest BCUT2D eigenvalue weighted by Gasteiger charge is -2.33. The fourth-order valence-electron chi connectivity index (χ4n) is 2.71. The minimum Gasteiger partial charge on any atom is -0.366 e. The Morgan fingerprint density at radius 3 is 2.86 bits per heavy atom. The number of anilines is 1. The Morgan fingerprint density at radius 1 is 1.33 bits per heavy atom.